The predicted molar refractivity (Wildman–Crippen MR) is 119 cm³/mol. The van der Waals surface area contributed by atoms with Crippen molar-refractivity contribution in [2.24, 2.45) is 5.41 Å². The van der Waals surface area contributed by atoms with Gasteiger partial charge in [-0.3, -0.25) is 19.0 Å². The van der Waals surface area contributed by atoms with Crippen molar-refractivity contribution in [3.8, 4) is 5.75 Å². The summed E-state index contributed by atoms with van der Waals surface area (Å²) in [5.41, 5.74) is -0.838. The van der Waals surface area contributed by atoms with Crippen molar-refractivity contribution < 1.29 is 24.2 Å². The van der Waals surface area contributed by atoms with Gasteiger partial charge in [-0.1, -0.05) is 31.5 Å². The van der Waals surface area contributed by atoms with Gasteiger partial charge >= 0.3 is 0 Å². The highest BCUT2D eigenvalue weighted by Gasteiger charge is 2.40. The molecule has 176 valence electrons. The summed E-state index contributed by atoms with van der Waals surface area (Å²) in [6, 6.07) is 4.13. The number of fused-ring (bicyclic) bond motifs is 3. The number of hydrogen-bond acceptors (Lipinski definition) is 5. The molecule has 0 bridgehead atoms. The number of aromatic nitrogens is 1. The molecule has 1 atom stereocenters. The molecule has 1 aromatic carbocycles. The number of carbonyl (C=O) groups is 2. The van der Waals surface area contributed by atoms with E-state index in [9.17, 15) is 29.0 Å². The molecule has 0 aliphatic carbocycles. The van der Waals surface area contributed by atoms with E-state index in [2.05, 4.69) is 0 Å². The van der Waals surface area contributed by atoms with Gasteiger partial charge in [0.2, 0.25) is 0 Å². The van der Waals surface area contributed by atoms with E-state index in [0.29, 0.717) is 11.1 Å². The molecular weight excluding hydrogens is 453 g/mol. The number of aliphatic hydroxyl groups is 1. The molecule has 33 heavy (non-hydrogen) atoms. The van der Waals surface area contributed by atoms with Gasteiger partial charge in [-0.15, -0.1) is 0 Å². The van der Waals surface area contributed by atoms with Crippen LogP contribution in [0.15, 0.2) is 23.0 Å². The Labute approximate surface area is 194 Å². The van der Waals surface area contributed by atoms with Gasteiger partial charge in [0.25, 0.3) is 17.4 Å². The number of β-amino-alcohol motifs (C(OH)–C–C–N with tert-alkyl or cyclic N) is 1. The molecule has 4 rings (SSSR count). The zero-order valence-corrected chi connectivity index (χ0v) is 19.3. The molecule has 1 aromatic heterocycles. The molecule has 2 aromatic rings. The Morgan fingerprint density at radius 1 is 1.21 bits per heavy atom. The molecule has 0 saturated carbocycles. The monoisotopic (exact) mass is 477 g/mol. The number of carbonyl (C=O) groups excluding carboxylic acids is 2. The van der Waals surface area contributed by atoms with Crippen molar-refractivity contribution in [3.63, 3.8) is 0 Å². The Morgan fingerprint density at radius 3 is 2.58 bits per heavy atom. The normalized spacial score (nSPS) is 20.2. The smallest absolute Gasteiger partial charge is 0.294 e. The van der Waals surface area contributed by atoms with Gasteiger partial charge in [-0.25, -0.2) is 4.39 Å². The Hall–Kier alpha value is -2.91. The fourth-order valence-electron chi connectivity index (χ4n) is 4.43. The topological polar surface area (TPSA) is 103 Å². The van der Waals surface area contributed by atoms with Crippen LogP contribution < -0.4 is 5.56 Å². The molecule has 0 saturated heterocycles. The first-order valence-electron chi connectivity index (χ1n) is 10.6. The van der Waals surface area contributed by atoms with Crippen LogP contribution in [0.2, 0.25) is 5.02 Å². The molecule has 2 aliphatic heterocycles. The largest absolute Gasteiger partial charge is 0.502 e. The molecular formula is C23H25ClFN3O5. The minimum Gasteiger partial charge on any atom is -0.502 e. The Morgan fingerprint density at radius 2 is 1.91 bits per heavy atom. The van der Waals surface area contributed by atoms with Crippen LogP contribution in [0.3, 0.4) is 0 Å². The number of aliphatic hydroxyl groups excluding tert-OH is 1. The van der Waals surface area contributed by atoms with Crippen LogP contribution in [-0.2, 0) is 19.5 Å². The number of benzene rings is 1. The van der Waals surface area contributed by atoms with E-state index in [1.807, 2.05) is 0 Å². The average Bonchev–Trinajstić information content (AvgIpc) is 2.75. The van der Waals surface area contributed by atoms with Crippen molar-refractivity contribution in [2.75, 3.05) is 20.1 Å². The zero-order valence-electron chi connectivity index (χ0n) is 18.6. The van der Waals surface area contributed by atoms with E-state index in [-0.39, 0.29) is 48.9 Å². The van der Waals surface area contributed by atoms with Gasteiger partial charge in [-0.05, 0) is 24.1 Å². The number of aromatic hydroxyl groups is 1. The van der Waals surface area contributed by atoms with E-state index in [1.54, 1.807) is 13.8 Å². The fraction of sp³-hybridized carbons (Fsp3) is 0.435. The molecule has 8 nitrogen and oxygen atoms in total. The van der Waals surface area contributed by atoms with E-state index in [1.165, 1.54) is 39.6 Å². The molecule has 0 unspecified atom stereocenters. The van der Waals surface area contributed by atoms with Crippen molar-refractivity contribution in [3.05, 3.63) is 61.8 Å². The van der Waals surface area contributed by atoms with Crippen molar-refractivity contribution in [1.29, 1.82) is 0 Å². The second-order valence-electron chi connectivity index (χ2n) is 9.36. The highest BCUT2D eigenvalue weighted by Crippen LogP contribution is 2.33. The highest BCUT2D eigenvalue weighted by molar-refractivity contribution is 6.30. The van der Waals surface area contributed by atoms with Crippen molar-refractivity contribution in [1.82, 2.24) is 14.4 Å². The van der Waals surface area contributed by atoms with Crippen molar-refractivity contribution >= 4 is 23.4 Å². The molecule has 2 amide bonds. The minimum absolute atomic E-state index is 0.00867. The summed E-state index contributed by atoms with van der Waals surface area (Å²) < 4.78 is 14.7. The van der Waals surface area contributed by atoms with Crippen LogP contribution >= 0.6 is 11.6 Å². The van der Waals surface area contributed by atoms with Gasteiger partial charge in [-0.2, -0.15) is 0 Å². The molecule has 0 fully saturated rings. The van der Waals surface area contributed by atoms with Crippen LogP contribution in [0.4, 0.5) is 4.39 Å². The van der Waals surface area contributed by atoms with Gasteiger partial charge < -0.3 is 20.0 Å². The van der Waals surface area contributed by atoms with Gasteiger partial charge in [0.05, 0.1) is 16.7 Å². The Balaban J connectivity index is 1.81. The quantitative estimate of drug-likeness (QED) is 0.689. The van der Waals surface area contributed by atoms with Crippen LogP contribution in [0.5, 0.6) is 5.75 Å². The Kier molecular flexibility index (Phi) is 5.74. The molecule has 10 heteroatoms. The van der Waals surface area contributed by atoms with Crippen LogP contribution in [0.1, 0.15) is 45.8 Å². The number of amides is 2. The average molecular weight is 478 g/mol. The lowest BCUT2D eigenvalue weighted by atomic mass is 9.84. The summed E-state index contributed by atoms with van der Waals surface area (Å²) in [6.07, 6.45) is -0.647. The first-order valence-corrected chi connectivity index (χ1v) is 11.0. The lowest BCUT2D eigenvalue weighted by molar-refractivity contribution is 0.00648. The molecule has 3 heterocycles. The number of rotatable bonds is 2. The van der Waals surface area contributed by atoms with Crippen LogP contribution in [0, 0.1) is 11.2 Å². The van der Waals surface area contributed by atoms with Gasteiger partial charge in [0, 0.05) is 44.2 Å². The summed E-state index contributed by atoms with van der Waals surface area (Å²) in [5.74, 6) is -2.38. The lowest BCUT2D eigenvalue weighted by Gasteiger charge is -2.39. The SMILES string of the molecule is CN1C[C@@H](O)C(C)(C)Cn2c(c3c(c(O)c2=O)C(=O)N(Cc2ccc(F)c(Cl)c2)CC3)C1=O. The zero-order chi connectivity index (χ0) is 24.2. The first kappa shape index (κ1) is 23.3. The van der Waals surface area contributed by atoms with E-state index >= 15 is 0 Å². The molecule has 0 spiro atoms. The molecule has 2 N–H and O–H groups in total. The summed E-state index contributed by atoms with van der Waals surface area (Å²) in [5, 5.41) is 21.2. The third kappa shape index (κ3) is 3.89. The highest BCUT2D eigenvalue weighted by atomic mass is 35.5. The van der Waals surface area contributed by atoms with Crippen LogP contribution in [0.25, 0.3) is 0 Å². The number of likely N-dealkylation sites (N-methyl/N-ethyl adjacent to an activating group) is 1. The Bertz CT molecular complexity index is 1230. The van der Waals surface area contributed by atoms with Gasteiger partial charge in [0.15, 0.2) is 5.75 Å². The summed E-state index contributed by atoms with van der Waals surface area (Å²) in [6.45, 7) is 3.96. The maximum Gasteiger partial charge on any atom is 0.294 e. The first-order chi connectivity index (χ1) is 15.4. The number of pyridine rings is 1. The number of nitrogens with zero attached hydrogens (tertiary/aromatic N) is 3. The van der Waals surface area contributed by atoms with Gasteiger partial charge in [0.1, 0.15) is 11.5 Å². The molecule has 0 radical (unpaired) electrons. The lowest BCUT2D eigenvalue weighted by Crippen LogP contribution is -2.51. The second-order valence-corrected chi connectivity index (χ2v) is 9.76. The fourth-order valence-corrected chi connectivity index (χ4v) is 4.63. The maximum absolute atomic E-state index is 13.5. The summed E-state index contributed by atoms with van der Waals surface area (Å²) in [4.78, 5) is 42.4. The summed E-state index contributed by atoms with van der Waals surface area (Å²) >= 11 is 5.84. The predicted octanol–water partition coefficient (Wildman–Crippen LogP) is 2.02. The van der Waals surface area contributed by atoms with E-state index in [4.69, 9.17) is 11.6 Å². The van der Waals surface area contributed by atoms with E-state index < -0.39 is 40.5 Å². The number of hydrogen-bond donors (Lipinski definition) is 2. The standard InChI is InChI=1S/C23H25ClFN3O5/c1-23(2)11-28-18(21(32)26(3)10-16(23)29)13-6-7-27(20(31)17(13)19(30)22(28)33)9-12-4-5-15(25)14(24)8-12/h4-5,8,16,29-30H,6-7,9-11H2,1-3H3/t16-/m1/s1. The maximum atomic E-state index is 13.5. The third-order valence-corrected chi connectivity index (χ3v) is 6.79. The number of halogens is 2. The second kappa shape index (κ2) is 8.14. The summed E-state index contributed by atoms with van der Waals surface area (Å²) in [7, 11) is 1.52. The van der Waals surface area contributed by atoms with Crippen LogP contribution in [-0.4, -0.2) is 62.6 Å². The molecule has 2 aliphatic rings. The third-order valence-electron chi connectivity index (χ3n) is 6.50. The minimum atomic E-state index is -0.885. The van der Waals surface area contributed by atoms with E-state index in [0.717, 1.165) is 0 Å². The van der Waals surface area contributed by atoms with Crippen molar-refractivity contribution in [2.45, 2.75) is 39.5 Å².